The van der Waals surface area contributed by atoms with Gasteiger partial charge in [0.25, 0.3) is 0 Å². The Morgan fingerprint density at radius 1 is 1.27 bits per heavy atom. The molecule has 6 rings (SSSR count). The van der Waals surface area contributed by atoms with Crippen LogP contribution in [0.4, 0.5) is 29.3 Å². The van der Waals surface area contributed by atoms with E-state index >= 15 is 0 Å². The summed E-state index contributed by atoms with van der Waals surface area (Å²) in [5.41, 5.74) is 0.630. The van der Waals surface area contributed by atoms with Crippen LogP contribution in [0.15, 0.2) is 17.3 Å². The molecule has 1 unspecified atom stereocenters. The van der Waals surface area contributed by atoms with Gasteiger partial charge in [0, 0.05) is 35.3 Å². The monoisotopic (exact) mass is 616 g/mol. The highest BCUT2D eigenvalue weighted by molar-refractivity contribution is 7.91. The summed E-state index contributed by atoms with van der Waals surface area (Å²) in [6.07, 6.45) is 1.25. The summed E-state index contributed by atoms with van der Waals surface area (Å²) in [4.78, 5) is 14.1. The number of nitrogens with one attached hydrogen (secondary N) is 1. The molecule has 0 radical (unpaired) electrons. The predicted octanol–water partition coefficient (Wildman–Crippen LogP) is 4.14. The summed E-state index contributed by atoms with van der Waals surface area (Å²) in [7, 11) is -2.30. The molecule has 2 fully saturated rings. The first-order valence-corrected chi connectivity index (χ1v) is 15.8. The van der Waals surface area contributed by atoms with Gasteiger partial charge in [-0.05, 0) is 50.0 Å². The van der Waals surface area contributed by atoms with E-state index in [-0.39, 0.29) is 60.0 Å². The van der Waals surface area contributed by atoms with Crippen molar-refractivity contribution in [2.75, 3.05) is 11.1 Å². The average Bonchev–Trinajstić information content (AvgIpc) is 3.16. The van der Waals surface area contributed by atoms with E-state index in [0.29, 0.717) is 41.5 Å². The predicted molar refractivity (Wildman–Crippen MR) is 140 cm³/mol. The normalized spacial score (nSPS) is 25.6. The Morgan fingerprint density at radius 2 is 2.02 bits per heavy atom. The Balaban J connectivity index is 1.28. The third-order valence-corrected chi connectivity index (χ3v) is 11.4. The number of ether oxygens (including phenoxy) is 1. The van der Waals surface area contributed by atoms with Gasteiger partial charge in [-0.1, -0.05) is 0 Å². The lowest BCUT2D eigenvalue weighted by Gasteiger charge is -2.30. The SMILES string of the molecule is Cn1nc(OC(F)F)cc1Nc1nncn1[C@H]1CCc2sc(CC(=O)C3C[C@@H]3F)c(S(=O)(=O)CC3CC(F)C3)c2C1. The molecule has 3 heterocycles. The molecule has 3 aromatic heterocycles. The van der Waals surface area contributed by atoms with Crippen molar-refractivity contribution in [3.8, 4) is 5.88 Å². The van der Waals surface area contributed by atoms with Crippen LogP contribution in [0.2, 0.25) is 0 Å². The number of anilines is 2. The molecule has 0 spiro atoms. The van der Waals surface area contributed by atoms with Gasteiger partial charge in [0.2, 0.25) is 11.8 Å². The molecule has 0 aliphatic heterocycles. The number of sulfone groups is 1. The number of hydrogen-bond donors (Lipinski definition) is 1. The fourth-order valence-corrected chi connectivity index (χ4v) is 9.59. The first kappa shape index (κ1) is 28.1. The summed E-state index contributed by atoms with van der Waals surface area (Å²) < 4.78 is 87.2. The zero-order valence-electron chi connectivity index (χ0n) is 22.0. The highest BCUT2D eigenvalue weighted by Gasteiger charge is 2.44. The zero-order valence-corrected chi connectivity index (χ0v) is 23.6. The van der Waals surface area contributed by atoms with Gasteiger partial charge in [-0.15, -0.1) is 26.6 Å². The number of nitrogens with zero attached hydrogens (tertiary/aromatic N) is 5. The molecule has 3 aliphatic carbocycles. The lowest BCUT2D eigenvalue weighted by molar-refractivity contribution is -0.119. The second-order valence-corrected chi connectivity index (χ2v) is 14.1. The number of fused-ring (bicyclic) bond motifs is 1. The van der Waals surface area contributed by atoms with E-state index in [1.54, 1.807) is 11.6 Å². The summed E-state index contributed by atoms with van der Waals surface area (Å²) in [5.74, 6) is -1.10. The highest BCUT2D eigenvalue weighted by Crippen LogP contribution is 2.44. The molecule has 0 amide bonds. The van der Waals surface area contributed by atoms with Gasteiger partial charge in [-0.3, -0.25) is 9.36 Å². The molecule has 3 aromatic rings. The van der Waals surface area contributed by atoms with E-state index in [2.05, 4.69) is 25.3 Å². The maximum Gasteiger partial charge on any atom is 0.388 e. The smallest absolute Gasteiger partial charge is 0.388 e. The molecule has 41 heavy (non-hydrogen) atoms. The van der Waals surface area contributed by atoms with Gasteiger partial charge in [-0.2, -0.15) is 8.78 Å². The van der Waals surface area contributed by atoms with Crippen LogP contribution in [0.25, 0.3) is 0 Å². The number of halogens is 4. The Hall–Kier alpha value is -3.01. The molecule has 10 nitrogen and oxygen atoms in total. The van der Waals surface area contributed by atoms with Crippen LogP contribution in [0, 0.1) is 11.8 Å². The van der Waals surface area contributed by atoms with E-state index in [0.717, 1.165) is 4.88 Å². The molecule has 16 heteroatoms. The number of carbonyl (C=O) groups excluding carboxylic acids is 1. The van der Waals surface area contributed by atoms with Gasteiger partial charge >= 0.3 is 6.61 Å². The van der Waals surface area contributed by atoms with Crippen molar-refractivity contribution in [1.82, 2.24) is 24.5 Å². The van der Waals surface area contributed by atoms with E-state index in [4.69, 9.17) is 0 Å². The average molecular weight is 617 g/mol. The molecule has 1 N–H and O–H groups in total. The van der Waals surface area contributed by atoms with Crippen molar-refractivity contribution >= 4 is 38.7 Å². The molecule has 3 aliphatic rings. The number of hydrogen-bond acceptors (Lipinski definition) is 9. The molecular formula is C25H28F4N6O4S2. The van der Waals surface area contributed by atoms with Gasteiger partial charge in [0.15, 0.2) is 9.84 Å². The third-order valence-electron chi connectivity index (χ3n) is 7.93. The van der Waals surface area contributed by atoms with Gasteiger partial charge < -0.3 is 10.1 Å². The second-order valence-electron chi connectivity index (χ2n) is 10.9. The summed E-state index contributed by atoms with van der Waals surface area (Å²) in [6, 6.07) is 1.04. The van der Waals surface area contributed by atoms with Crippen molar-refractivity contribution in [1.29, 1.82) is 0 Å². The second kappa shape index (κ2) is 10.7. The Kier molecular flexibility index (Phi) is 7.32. The Labute approximate surface area is 237 Å². The zero-order chi connectivity index (χ0) is 29.1. The number of thiophene rings is 1. The van der Waals surface area contributed by atoms with Gasteiger partial charge in [0.05, 0.1) is 16.6 Å². The topological polar surface area (TPSA) is 121 Å². The number of alkyl halides is 4. The molecule has 3 atom stereocenters. The van der Waals surface area contributed by atoms with Crippen molar-refractivity contribution in [3.63, 3.8) is 0 Å². The summed E-state index contributed by atoms with van der Waals surface area (Å²) in [6.45, 7) is -3.03. The third kappa shape index (κ3) is 5.72. The summed E-state index contributed by atoms with van der Waals surface area (Å²) in [5, 5.41) is 15.0. The standard InChI is InChI=1S/C25H28F4N6O4S2/c1-34-21(9-22(33-34)39-24(28)29)31-25-32-30-11-35(25)14-2-3-19-16(6-14)23(41(37,38)10-12-4-13(26)5-12)20(40-19)8-18(36)15-7-17(15)27/h9,11-15,17,24H,2-8,10H2,1H3,(H,31,32)/t12?,13?,14-,15?,17-/m0/s1. The lowest BCUT2D eigenvalue weighted by Crippen LogP contribution is -2.31. The molecule has 0 aromatic carbocycles. The minimum Gasteiger partial charge on any atom is -0.415 e. The van der Waals surface area contributed by atoms with Crippen LogP contribution in [0.3, 0.4) is 0 Å². The maximum absolute atomic E-state index is 13.7. The van der Waals surface area contributed by atoms with Crippen LogP contribution in [0.1, 0.15) is 47.0 Å². The minimum absolute atomic E-state index is 0.136. The molecular weight excluding hydrogens is 588 g/mol. The van der Waals surface area contributed by atoms with Gasteiger partial charge in [0.1, 0.15) is 30.3 Å². The number of ketones is 1. The Bertz CT molecular complexity index is 1570. The number of Topliss-reactive ketones (excluding diaryl/α,β-unsaturated/α-hetero) is 1. The van der Waals surface area contributed by atoms with Crippen LogP contribution in [0.5, 0.6) is 5.88 Å². The lowest BCUT2D eigenvalue weighted by atomic mass is 9.85. The number of aryl methyl sites for hydroxylation is 2. The van der Waals surface area contributed by atoms with E-state index in [1.807, 2.05) is 0 Å². The summed E-state index contributed by atoms with van der Waals surface area (Å²) >= 11 is 1.29. The van der Waals surface area contributed by atoms with Crippen LogP contribution < -0.4 is 10.1 Å². The highest BCUT2D eigenvalue weighted by atomic mass is 32.2. The first-order chi connectivity index (χ1) is 19.5. The van der Waals surface area contributed by atoms with Crippen molar-refractivity contribution in [2.24, 2.45) is 18.9 Å². The molecule has 2 saturated carbocycles. The van der Waals surface area contributed by atoms with Crippen molar-refractivity contribution < 1.29 is 35.5 Å². The van der Waals surface area contributed by atoms with Crippen LogP contribution in [-0.2, 0) is 40.9 Å². The molecule has 0 bridgehead atoms. The van der Waals surface area contributed by atoms with Crippen LogP contribution >= 0.6 is 11.3 Å². The quantitative estimate of drug-likeness (QED) is 0.319. The van der Waals surface area contributed by atoms with E-state index < -0.39 is 34.7 Å². The largest absolute Gasteiger partial charge is 0.415 e. The van der Waals surface area contributed by atoms with E-state index in [1.165, 1.54) is 28.4 Å². The van der Waals surface area contributed by atoms with Crippen molar-refractivity contribution in [3.05, 3.63) is 27.7 Å². The fraction of sp³-hybridized carbons (Fsp3) is 0.600. The number of rotatable bonds is 11. The minimum atomic E-state index is -3.85. The molecule has 0 saturated heterocycles. The first-order valence-electron chi connectivity index (χ1n) is 13.3. The Morgan fingerprint density at radius 3 is 2.71 bits per heavy atom. The van der Waals surface area contributed by atoms with Crippen LogP contribution in [-0.4, -0.2) is 63.5 Å². The number of carbonyl (C=O) groups is 1. The molecule has 222 valence electrons. The van der Waals surface area contributed by atoms with Crippen molar-refractivity contribution in [2.45, 2.75) is 74.8 Å². The maximum atomic E-state index is 13.7. The van der Waals surface area contributed by atoms with E-state index in [9.17, 15) is 30.8 Å². The fourth-order valence-electron chi connectivity index (χ4n) is 5.70. The number of aromatic nitrogens is 5. The van der Waals surface area contributed by atoms with Gasteiger partial charge in [-0.25, -0.2) is 21.9 Å².